The largest absolute Gasteiger partial charge is 0.392 e. The molecule has 0 bridgehead atoms. The van der Waals surface area contributed by atoms with Crippen LogP contribution in [0.4, 0.5) is 0 Å². The first kappa shape index (κ1) is 14.1. The van der Waals surface area contributed by atoms with Gasteiger partial charge in [0.15, 0.2) is 0 Å². The molecule has 0 radical (unpaired) electrons. The third kappa shape index (κ3) is 4.91. The van der Waals surface area contributed by atoms with E-state index < -0.39 is 11.8 Å². The number of carbonyl (C=O) groups is 2. The molecule has 98 valence electrons. The van der Waals surface area contributed by atoms with Crippen molar-refractivity contribution in [2.75, 3.05) is 6.54 Å². The van der Waals surface area contributed by atoms with Crippen molar-refractivity contribution in [3.05, 3.63) is 18.5 Å². The zero-order chi connectivity index (χ0) is 13.5. The number of aromatic nitrogens is 2. The average Bonchev–Trinajstić information content (AvgIpc) is 2.78. The minimum Gasteiger partial charge on any atom is -0.392 e. The molecule has 1 atom stereocenters. The van der Waals surface area contributed by atoms with Crippen LogP contribution < -0.4 is 16.4 Å². The molecule has 1 aromatic rings. The molecule has 18 heavy (non-hydrogen) atoms. The highest BCUT2D eigenvalue weighted by Gasteiger charge is 2.15. The average molecular weight is 269 g/mol. The van der Waals surface area contributed by atoms with Crippen molar-refractivity contribution in [3.63, 3.8) is 0 Å². The SMILES string of the molecule is CC(Cn1cccn1)NC(=O)C(=O)NCC(N)=S. The van der Waals surface area contributed by atoms with Gasteiger partial charge >= 0.3 is 11.8 Å². The Kier molecular flexibility index (Phi) is 5.25. The first-order valence-corrected chi connectivity index (χ1v) is 5.74. The van der Waals surface area contributed by atoms with Gasteiger partial charge in [-0.15, -0.1) is 0 Å². The van der Waals surface area contributed by atoms with Gasteiger partial charge in [0.25, 0.3) is 0 Å². The Bertz CT molecular complexity index is 431. The fourth-order valence-electron chi connectivity index (χ4n) is 1.27. The van der Waals surface area contributed by atoms with Crippen LogP contribution in [0.3, 0.4) is 0 Å². The van der Waals surface area contributed by atoms with E-state index in [0.29, 0.717) is 6.54 Å². The summed E-state index contributed by atoms with van der Waals surface area (Å²) in [5, 5.41) is 8.85. The lowest BCUT2D eigenvalue weighted by molar-refractivity contribution is -0.139. The lowest BCUT2D eigenvalue weighted by Crippen LogP contribution is -2.46. The van der Waals surface area contributed by atoms with Gasteiger partial charge in [0, 0.05) is 18.4 Å². The number of rotatable bonds is 5. The predicted octanol–water partition coefficient (Wildman–Crippen LogP) is -1.21. The second kappa shape index (κ2) is 6.70. The molecular formula is C10H15N5O2S. The fourth-order valence-corrected chi connectivity index (χ4v) is 1.34. The standard InChI is InChI=1S/C10H15N5O2S/c1-7(6-15-4-2-3-13-15)14-10(17)9(16)12-5-8(11)18/h2-4,7H,5-6H2,1H3,(H2,11,18)(H,12,16)(H,14,17). The number of nitrogens with two attached hydrogens (primary N) is 1. The molecular weight excluding hydrogens is 254 g/mol. The minimum atomic E-state index is -0.755. The van der Waals surface area contributed by atoms with Crippen LogP contribution in [0, 0.1) is 0 Å². The molecule has 1 heterocycles. The highest BCUT2D eigenvalue weighted by molar-refractivity contribution is 7.80. The summed E-state index contributed by atoms with van der Waals surface area (Å²) in [5.74, 6) is -1.47. The van der Waals surface area contributed by atoms with Gasteiger partial charge in [0.2, 0.25) is 0 Å². The highest BCUT2D eigenvalue weighted by Crippen LogP contribution is 1.90. The number of thiocarbonyl (C=S) groups is 1. The molecule has 0 saturated carbocycles. The lowest BCUT2D eigenvalue weighted by atomic mass is 10.3. The minimum absolute atomic E-state index is 0.00905. The maximum absolute atomic E-state index is 11.5. The summed E-state index contributed by atoms with van der Waals surface area (Å²) in [6, 6.07) is 1.57. The van der Waals surface area contributed by atoms with Gasteiger partial charge in [-0.25, -0.2) is 0 Å². The van der Waals surface area contributed by atoms with E-state index in [1.165, 1.54) is 0 Å². The third-order valence-corrected chi connectivity index (χ3v) is 2.17. The molecule has 0 fully saturated rings. The third-order valence-electron chi connectivity index (χ3n) is 2.03. The Hall–Kier alpha value is -1.96. The van der Waals surface area contributed by atoms with Crippen molar-refractivity contribution >= 4 is 29.0 Å². The van der Waals surface area contributed by atoms with E-state index >= 15 is 0 Å². The summed E-state index contributed by atoms with van der Waals surface area (Å²) >= 11 is 4.58. The first-order valence-electron chi connectivity index (χ1n) is 5.33. The second-order valence-electron chi connectivity index (χ2n) is 3.75. The molecule has 1 rings (SSSR count). The van der Waals surface area contributed by atoms with E-state index in [0.717, 1.165) is 0 Å². The van der Waals surface area contributed by atoms with Gasteiger partial charge < -0.3 is 16.4 Å². The van der Waals surface area contributed by atoms with Crippen LogP contribution >= 0.6 is 12.2 Å². The van der Waals surface area contributed by atoms with Crippen LogP contribution in [-0.4, -0.2) is 39.2 Å². The molecule has 7 nitrogen and oxygen atoms in total. The van der Waals surface area contributed by atoms with E-state index in [1.54, 1.807) is 30.1 Å². The summed E-state index contributed by atoms with van der Waals surface area (Å²) in [7, 11) is 0. The molecule has 8 heteroatoms. The second-order valence-corrected chi connectivity index (χ2v) is 4.28. The normalized spacial score (nSPS) is 11.6. The van der Waals surface area contributed by atoms with E-state index in [-0.39, 0.29) is 17.6 Å². The highest BCUT2D eigenvalue weighted by atomic mass is 32.1. The summed E-state index contributed by atoms with van der Waals surface area (Å²) in [6.45, 7) is 2.27. The molecule has 0 aliphatic rings. The first-order chi connectivity index (χ1) is 8.49. The molecule has 0 saturated heterocycles. The van der Waals surface area contributed by atoms with Gasteiger partial charge in [-0.2, -0.15) is 5.10 Å². The molecule has 4 N–H and O–H groups in total. The monoisotopic (exact) mass is 269 g/mol. The van der Waals surface area contributed by atoms with E-state index in [4.69, 9.17) is 5.73 Å². The van der Waals surface area contributed by atoms with Gasteiger partial charge in [-0.05, 0) is 13.0 Å². The molecule has 0 aliphatic carbocycles. The Morgan fingerprint density at radius 2 is 2.22 bits per heavy atom. The number of nitrogens with zero attached hydrogens (tertiary/aromatic N) is 2. The molecule has 0 aromatic carbocycles. The van der Waals surface area contributed by atoms with Crippen LogP contribution in [0.5, 0.6) is 0 Å². The smallest absolute Gasteiger partial charge is 0.309 e. The Morgan fingerprint density at radius 1 is 1.50 bits per heavy atom. The number of nitrogens with one attached hydrogen (secondary N) is 2. The molecule has 2 amide bonds. The Balaban J connectivity index is 2.34. The zero-order valence-corrected chi connectivity index (χ0v) is 10.7. The van der Waals surface area contributed by atoms with Crippen LogP contribution in [0.2, 0.25) is 0 Å². The van der Waals surface area contributed by atoms with Gasteiger partial charge in [-0.3, -0.25) is 14.3 Å². The Labute approximate surface area is 110 Å². The Morgan fingerprint density at radius 3 is 2.78 bits per heavy atom. The quantitative estimate of drug-likeness (QED) is 0.460. The number of amides is 2. The van der Waals surface area contributed by atoms with Crippen LogP contribution in [-0.2, 0) is 16.1 Å². The summed E-state index contributed by atoms with van der Waals surface area (Å²) in [5.41, 5.74) is 5.21. The fraction of sp³-hybridized carbons (Fsp3) is 0.400. The summed E-state index contributed by atoms with van der Waals surface area (Å²) in [6.07, 6.45) is 3.42. The van der Waals surface area contributed by atoms with Crippen LogP contribution in [0.15, 0.2) is 18.5 Å². The van der Waals surface area contributed by atoms with E-state index in [1.807, 2.05) is 0 Å². The van der Waals surface area contributed by atoms with Crippen molar-refractivity contribution in [1.82, 2.24) is 20.4 Å². The van der Waals surface area contributed by atoms with Gasteiger partial charge in [0.1, 0.15) is 0 Å². The van der Waals surface area contributed by atoms with Gasteiger partial charge in [-0.1, -0.05) is 12.2 Å². The topological polar surface area (TPSA) is 102 Å². The molecule has 1 aromatic heterocycles. The van der Waals surface area contributed by atoms with Crippen molar-refractivity contribution in [1.29, 1.82) is 0 Å². The van der Waals surface area contributed by atoms with Crippen molar-refractivity contribution in [3.8, 4) is 0 Å². The number of hydrogen-bond acceptors (Lipinski definition) is 4. The molecule has 0 spiro atoms. The number of hydrogen-bond donors (Lipinski definition) is 3. The van der Waals surface area contributed by atoms with E-state index in [2.05, 4.69) is 28.0 Å². The van der Waals surface area contributed by atoms with Crippen molar-refractivity contribution in [2.24, 2.45) is 5.73 Å². The maximum Gasteiger partial charge on any atom is 0.309 e. The van der Waals surface area contributed by atoms with E-state index in [9.17, 15) is 9.59 Å². The molecule has 1 unspecified atom stereocenters. The van der Waals surface area contributed by atoms with Crippen molar-refractivity contribution in [2.45, 2.75) is 19.5 Å². The summed E-state index contributed by atoms with van der Waals surface area (Å²) in [4.78, 5) is 22.9. The maximum atomic E-state index is 11.5. The predicted molar refractivity (Wildman–Crippen MR) is 69.6 cm³/mol. The zero-order valence-electron chi connectivity index (χ0n) is 9.92. The summed E-state index contributed by atoms with van der Waals surface area (Å²) < 4.78 is 1.66. The van der Waals surface area contributed by atoms with Gasteiger partial charge in [0.05, 0.1) is 18.1 Å². The van der Waals surface area contributed by atoms with Crippen LogP contribution in [0.25, 0.3) is 0 Å². The number of carbonyl (C=O) groups excluding carboxylic acids is 2. The van der Waals surface area contributed by atoms with Crippen LogP contribution in [0.1, 0.15) is 6.92 Å². The lowest BCUT2D eigenvalue weighted by Gasteiger charge is -2.13. The van der Waals surface area contributed by atoms with Crippen molar-refractivity contribution < 1.29 is 9.59 Å². The molecule has 0 aliphatic heterocycles.